The van der Waals surface area contributed by atoms with E-state index in [2.05, 4.69) is 27.4 Å². The summed E-state index contributed by atoms with van der Waals surface area (Å²) in [7, 11) is 0. The Balaban J connectivity index is 2.00. The molecule has 0 aliphatic carbocycles. The fourth-order valence-electron chi connectivity index (χ4n) is 1.45. The van der Waals surface area contributed by atoms with Crippen LogP contribution in [0.25, 0.3) is 0 Å². The smallest absolute Gasteiger partial charge is 0.0951 e. The van der Waals surface area contributed by atoms with Crippen LogP contribution in [0.4, 0.5) is 0 Å². The highest BCUT2D eigenvalue weighted by Crippen LogP contribution is 2.30. The van der Waals surface area contributed by atoms with Gasteiger partial charge in [0.15, 0.2) is 0 Å². The Kier molecular flexibility index (Phi) is 4.67. The van der Waals surface area contributed by atoms with E-state index in [4.69, 9.17) is 10.3 Å². The van der Waals surface area contributed by atoms with Crippen molar-refractivity contribution in [3.63, 3.8) is 0 Å². The molecular formula is C12H13BrN2OS. The van der Waals surface area contributed by atoms with Gasteiger partial charge in [-0.05, 0) is 34.1 Å². The third-order valence-corrected chi connectivity index (χ3v) is 4.51. The van der Waals surface area contributed by atoms with Crippen LogP contribution in [0.3, 0.4) is 0 Å². The highest BCUT2D eigenvalue weighted by molar-refractivity contribution is 9.10. The molecule has 1 heterocycles. The van der Waals surface area contributed by atoms with Crippen molar-refractivity contribution in [2.45, 2.75) is 10.9 Å². The van der Waals surface area contributed by atoms with Gasteiger partial charge in [0.25, 0.3) is 0 Å². The van der Waals surface area contributed by atoms with Gasteiger partial charge in [-0.15, -0.1) is 11.8 Å². The van der Waals surface area contributed by atoms with Gasteiger partial charge in [0, 0.05) is 20.7 Å². The van der Waals surface area contributed by atoms with Gasteiger partial charge in [-0.3, -0.25) is 11.3 Å². The summed E-state index contributed by atoms with van der Waals surface area (Å²) in [4.78, 5) is 1.20. The summed E-state index contributed by atoms with van der Waals surface area (Å²) in [5.74, 6) is 6.40. The van der Waals surface area contributed by atoms with Crippen molar-refractivity contribution < 1.29 is 4.42 Å². The molecule has 0 fully saturated rings. The van der Waals surface area contributed by atoms with Gasteiger partial charge in [-0.2, -0.15) is 0 Å². The molecule has 3 nitrogen and oxygen atoms in total. The van der Waals surface area contributed by atoms with E-state index in [9.17, 15) is 0 Å². The number of benzene rings is 1. The topological polar surface area (TPSA) is 51.2 Å². The van der Waals surface area contributed by atoms with Gasteiger partial charge in [0.05, 0.1) is 18.6 Å². The van der Waals surface area contributed by atoms with E-state index < -0.39 is 0 Å². The zero-order chi connectivity index (χ0) is 12.1. The van der Waals surface area contributed by atoms with Gasteiger partial charge in [-0.25, -0.2) is 0 Å². The van der Waals surface area contributed by atoms with Crippen LogP contribution in [-0.4, -0.2) is 5.75 Å². The average molecular weight is 313 g/mol. The van der Waals surface area contributed by atoms with E-state index in [1.165, 1.54) is 4.90 Å². The summed E-state index contributed by atoms with van der Waals surface area (Å²) in [6.07, 6.45) is 3.37. The quantitative estimate of drug-likeness (QED) is 0.505. The van der Waals surface area contributed by atoms with E-state index in [0.717, 1.165) is 15.8 Å². The number of furan rings is 1. The Hall–Kier alpha value is -0.750. The average Bonchev–Trinajstić information content (AvgIpc) is 2.86. The summed E-state index contributed by atoms with van der Waals surface area (Å²) in [6.45, 7) is 0. The molecule has 3 N–H and O–H groups in total. The zero-order valence-corrected chi connectivity index (χ0v) is 11.5. The van der Waals surface area contributed by atoms with Crippen LogP contribution in [0.1, 0.15) is 11.6 Å². The Bertz CT molecular complexity index is 461. The number of nitrogens with two attached hydrogens (primary N) is 1. The van der Waals surface area contributed by atoms with Gasteiger partial charge in [0.1, 0.15) is 0 Å². The largest absolute Gasteiger partial charge is 0.472 e. The zero-order valence-electron chi connectivity index (χ0n) is 9.10. The lowest BCUT2D eigenvalue weighted by atomic mass is 10.2. The molecule has 90 valence electrons. The highest BCUT2D eigenvalue weighted by atomic mass is 79.9. The second-order valence-electron chi connectivity index (χ2n) is 3.52. The lowest BCUT2D eigenvalue weighted by molar-refractivity contribution is 0.548. The molecule has 5 heteroatoms. The van der Waals surface area contributed by atoms with Gasteiger partial charge < -0.3 is 4.42 Å². The molecule has 0 aliphatic heterocycles. The third-order valence-electron chi connectivity index (χ3n) is 2.39. The van der Waals surface area contributed by atoms with Crippen LogP contribution >= 0.6 is 27.7 Å². The molecule has 17 heavy (non-hydrogen) atoms. The second-order valence-corrected chi connectivity index (χ2v) is 5.43. The Labute approximate surface area is 113 Å². The van der Waals surface area contributed by atoms with Crippen molar-refractivity contribution >= 4 is 27.7 Å². The van der Waals surface area contributed by atoms with E-state index >= 15 is 0 Å². The van der Waals surface area contributed by atoms with Gasteiger partial charge in [0.2, 0.25) is 0 Å². The number of halogens is 1. The summed E-state index contributed by atoms with van der Waals surface area (Å²) in [6, 6.07) is 10.2. The number of hydrogen-bond acceptors (Lipinski definition) is 4. The SMILES string of the molecule is NNC(CSc1ccccc1Br)c1ccoc1. The number of hydrogen-bond donors (Lipinski definition) is 2. The van der Waals surface area contributed by atoms with E-state index in [-0.39, 0.29) is 6.04 Å². The van der Waals surface area contributed by atoms with Crippen LogP contribution in [0.15, 0.2) is 56.6 Å². The Morgan fingerprint density at radius 3 is 2.82 bits per heavy atom. The molecule has 1 unspecified atom stereocenters. The lowest BCUT2D eigenvalue weighted by Gasteiger charge is -2.13. The van der Waals surface area contributed by atoms with Crippen molar-refractivity contribution in [2.24, 2.45) is 5.84 Å². The van der Waals surface area contributed by atoms with Crippen molar-refractivity contribution in [3.8, 4) is 0 Å². The van der Waals surface area contributed by atoms with E-state index in [0.29, 0.717) is 0 Å². The predicted molar refractivity (Wildman–Crippen MR) is 73.6 cm³/mol. The fourth-order valence-corrected chi connectivity index (χ4v) is 3.09. The summed E-state index contributed by atoms with van der Waals surface area (Å²) < 4.78 is 6.16. The molecular weight excluding hydrogens is 300 g/mol. The Morgan fingerprint density at radius 1 is 1.35 bits per heavy atom. The maximum Gasteiger partial charge on any atom is 0.0951 e. The number of thioether (sulfide) groups is 1. The van der Waals surface area contributed by atoms with Crippen LogP contribution in [0, 0.1) is 0 Å². The van der Waals surface area contributed by atoms with Crippen LogP contribution in [-0.2, 0) is 0 Å². The minimum Gasteiger partial charge on any atom is -0.472 e. The normalized spacial score (nSPS) is 12.6. The van der Waals surface area contributed by atoms with Crippen LogP contribution in [0.2, 0.25) is 0 Å². The van der Waals surface area contributed by atoms with Crippen molar-refractivity contribution in [1.29, 1.82) is 0 Å². The number of rotatable bonds is 5. The minimum atomic E-state index is 0.0888. The number of nitrogens with one attached hydrogen (secondary N) is 1. The maximum atomic E-state index is 5.55. The van der Waals surface area contributed by atoms with Gasteiger partial charge in [-0.1, -0.05) is 12.1 Å². The first-order valence-corrected chi connectivity index (χ1v) is 6.94. The molecule has 2 aromatic rings. The molecule has 0 spiro atoms. The second kappa shape index (κ2) is 6.26. The predicted octanol–water partition coefficient (Wildman–Crippen LogP) is 3.34. The van der Waals surface area contributed by atoms with E-state index in [1.807, 2.05) is 24.3 Å². The molecule has 0 bridgehead atoms. The van der Waals surface area contributed by atoms with Crippen molar-refractivity contribution in [1.82, 2.24) is 5.43 Å². The third kappa shape index (κ3) is 3.35. The summed E-state index contributed by atoms with van der Waals surface area (Å²) in [5.41, 5.74) is 3.86. The van der Waals surface area contributed by atoms with Crippen molar-refractivity contribution in [3.05, 3.63) is 52.9 Å². The molecule has 0 saturated heterocycles. The number of hydrazine groups is 1. The van der Waals surface area contributed by atoms with Crippen molar-refractivity contribution in [2.75, 3.05) is 5.75 Å². The molecule has 1 atom stereocenters. The Morgan fingerprint density at radius 2 is 2.18 bits per heavy atom. The highest BCUT2D eigenvalue weighted by Gasteiger charge is 2.12. The van der Waals surface area contributed by atoms with Crippen LogP contribution in [0.5, 0.6) is 0 Å². The summed E-state index contributed by atoms with van der Waals surface area (Å²) >= 11 is 5.27. The summed E-state index contributed by atoms with van der Waals surface area (Å²) in [5, 5.41) is 0. The fraction of sp³-hybridized carbons (Fsp3) is 0.167. The standard InChI is InChI=1S/C12H13BrN2OS/c13-10-3-1-2-4-12(10)17-8-11(15-14)9-5-6-16-7-9/h1-7,11,15H,8,14H2. The van der Waals surface area contributed by atoms with Crippen LogP contribution < -0.4 is 11.3 Å². The molecule has 1 aromatic heterocycles. The first-order chi connectivity index (χ1) is 8.31. The molecule has 0 saturated carbocycles. The lowest BCUT2D eigenvalue weighted by Crippen LogP contribution is -2.29. The first-order valence-electron chi connectivity index (χ1n) is 5.17. The first kappa shape index (κ1) is 12.7. The maximum absolute atomic E-state index is 5.55. The molecule has 2 rings (SSSR count). The molecule has 0 radical (unpaired) electrons. The van der Waals surface area contributed by atoms with E-state index in [1.54, 1.807) is 24.3 Å². The minimum absolute atomic E-state index is 0.0888. The molecule has 1 aromatic carbocycles. The monoisotopic (exact) mass is 312 g/mol. The molecule has 0 aliphatic rings. The molecule has 0 amide bonds. The van der Waals surface area contributed by atoms with Gasteiger partial charge >= 0.3 is 0 Å².